The third-order valence-electron chi connectivity index (χ3n) is 4.56. The van der Waals surface area contributed by atoms with E-state index in [1.165, 1.54) is 23.5 Å². The van der Waals surface area contributed by atoms with Crippen LogP contribution in [0.25, 0.3) is 16.2 Å². The van der Waals surface area contributed by atoms with Gasteiger partial charge in [0.1, 0.15) is 5.82 Å². The minimum Gasteiger partial charge on any atom is -0.380 e. The predicted octanol–water partition coefficient (Wildman–Crippen LogP) is 4.66. The van der Waals surface area contributed by atoms with Crippen LogP contribution >= 0.6 is 11.3 Å². The van der Waals surface area contributed by atoms with Crippen LogP contribution in [0.5, 0.6) is 0 Å². The van der Waals surface area contributed by atoms with Crippen molar-refractivity contribution in [2.24, 2.45) is 10.9 Å². The number of hydrogen-bond acceptors (Lipinski definition) is 6. The van der Waals surface area contributed by atoms with Crippen molar-refractivity contribution in [1.29, 1.82) is 0 Å². The average Bonchev–Trinajstić information content (AvgIpc) is 3.43. The van der Waals surface area contributed by atoms with Crippen LogP contribution in [-0.4, -0.2) is 26.4 Å². The lowest BCUT2D eigenvalue weighted by molar-refractivity contribution is -0.142. The van der Waals surface area contributed by atoms with E-state index in [0.717, 1.165) is 35.6 Å². The Morgan fingerprint density at radius 2 is 1.91 bits per heavy atom. The van der Waals surface area contributed by atoms with Gasteiger partial charge < -0.3 is 10.6 Å². The summed E-state index contributed by atoms with van der Waals surface area (Å²) in [7, 11) is 0. The Bertz CT molecular complexity index is 1360. The molecule has 4 rings (SSSR count). The normalized spacial score (nSPS) is 12.3. The molecule has 0 aliphatic heterocycles. The van der Waals surface area contributed by atoms with Gasteiger partial charge in [0.25, 0.3) is 0 Å². The molecular formula is C21H15F4N5O2S. The fourth-order valence-electron chi connectivity index (χ4n) is 2.92. The summed E-state index contributed by atoms with van der Waals surface area (Å²) in [5, 5.41) is 7.15. The fourth-order valence-corrected chi connectivity index (χ4v) is 3.83. The van der Waals surface area contributed by atoms with E-state index >= 15 is 0 Å². The molecule has 0 aliphatic carbocycles. The summed E-state index contributed by atoms with van der Waals surface area (Å²) >= 11 is 1.33. The topological polar surface area (TPSA) is 94.9 Å². The Morgan fingerprint density at radius 1 is 1.18 bits per heavy atom. The van der Waals surface area contributed by atoms with Gasteiger partial charge in [-0.15, -0.1) is 11.3 Å². The van der Waals surface area contributed by atoms with Crippen LogP contribution in [0.1, 0.15) is 33.5 Å². The average molecular weight is 477 g/mol. The number of aryl methyl sites for hydroxylation is 1. The van der Waals surface area contributed by atoms with Crippen LogP contribution < -0.4 is 5.73 Å². The molecule has 0 saturated heterocycles. The highest BCUT2D eigenvalue weighted by Crippen LogP contribution is 2.34. The number of thiophene rings is 1. The minimum atomic E-state index is -4.75. The molecule has 3 heterocycles. The Balaban J connectivity index is 1.68. The lowest BCUT2D eigenvalue weighted by atomic mass is 10.2. The minimum absolute atomic E-state index is 0.109. The molecule has 7 nitrogen and oxygen atoms in total. The second-order valence-electron chi connectivity index (χ2n) is 6.81. The van der Waals surface area contributed by atoms with Crippen molar-refractivity contribution in [2.75, 3.05) is 0 Å². The first-order valence-corrected chi connectivity index (χ1v) is 10.3. The molecule has 2 N–H and O–H groups in total. The van der Waals surface area contributed by atoms with E-state index in [9.17, 15) is 22.4 Å². The van der Waals surface area contributed by atoms with Crippen LogP contribution in [0.3, 0.4) is 0 Å². The lowest BCUT2D eigenvalue weighted by Gasteiger charge is -2.10. The molecule has 0 bridgehead atoms. The SMILES string of the molecule is CCc1ccc(-c2cc(C(F)(F)F)n3nc(C(=O)O/N=C(\N)c4ccc(F)cc4)cc3n2)s1. The van der Waals surface area contributed by atoms with Gasteiger partial charge in [0, 0.05) is 16.5 Å². The molecule has 170 valence electrons. The van der Waals surface area contributed by atoms with Gasteiger partial charge in [-0.3, -0.25) is 0 Å². The summed E-state index contributed by atoms with van der Waals surface area (Å²) < 4.78 is 54.6. The molecule has 0 fully saturated rings. The molecule has 0 radical (unpaired) electrons. The number of rotatable bonds is 5. The molecular weight excluding hydrogens is 462 g/mol. The molecule has 4 aromatic rings. The number of benzene rings is 1. The van der Waals surface area contributed by atoms with Crippen molar-refractivity contribution in [3.63, 3.8) is 0 Å². The van der Waals surface area contributed by atoms with Crippen LogP contribution in [0.4, 0.5) is 17.6 Å². The number of hydrogen-bond donors (Lipinski definition) is 1. The maximum Gasteiger partial charge on any atom is 0.433 e. The van der Waals surface area contributed by atoms with Gasteiger partial charge in [-0.1, -0.05) is 12.1 Å². The van der Waals surface area contributed by atoms with Gasteiger partial charge in [-0.05, 0) is 48.9 Å². The third kappa shape index (κ3) is 4.70. The summed E-state index contributed by atoms with van der Waals surface area (Å²) in [6, 6.07) is 10.4. The Kier molecular flexibility index (Phi) is 5.85. The van der Waals surface area contributed by atoms with Gasteiger partial charge in [0.15, 0.2) is 22.9 Å². The van der Waals surface area contributed by atoms with Crippen molar-refractivity contribution in [1.82, 2.24) is 14.6 Å². The molecule has 0 aliphatic rings. The zero-order valence-corrected chi connectivity index (χ0v) is 17.7. The Morgan fingerprint density at radius 3 is 2.55 bits per heavy atom. The molecule has 0 unspecified atom stereocenters. The quantitative estimate of drug-likeness (QED) is 0.148. The number of alkyl halides is 3. The number of nitrogens with zero attached hydrogens (tertiary/aromatic N) is 4. The van der Waals surface area contributed by atoms with Crippen LogP contribution in [0.2, 0.25) is 0 Å². The molecule has 0 amide bonds. The number of carbonyl (C=O) groups is 1. The maximum absolute atomic E-state index is 13.7. The molecule has 3 aromatic heterocycles. The first kappa shape index (κ1) is 22.4. The molecule has 0 spiro atoms. The van der Waals surface area contributed by atoms with Gasteiger partial charge in [-0.2, -0.15) is 18.3 Å². The highest BCUT2D eigenvalue weighted by atomic mass is 32.1. The zero-order chi connectivity index (χ0) is 23.8. The monoisotopic (exact) mass is 477 g/mol. The van der Waals surface area contributed by atoms with E-state index in [1.807, 2.05) is 13.0 Å². The second kappa shape index (κ2) is 8.62. The Labute approximate surface area is 188 Å². The summed E-state index contributed by atoms with van der Waals surface area (Å²) in [6.07, 6.45) is -4.01. The summed E-state index contributed by atoms with van der Waals surface area (Å²) in [5.41, 5.74) is 4.36. The first-order valence-electron chi connectivity index (χ1n) is 9.53. The summed E-state index contributed by atoms with van der Waals surface area (Å²) in [4.78, 5) is 22.8. The standard InChI is InChI=1S/C21H15F4N5O2S/c1-2-13-7-8-16(33-13)14-9-17(21(23,24)25)30-18(27-14)10-15(28-30)20(31)32-29-19(26)11-3-5-12(22)6-4-11/h3-10H,2H2,1H3,(H2,26,29). The van der Waals surface area contributed by atoms with Crippen molar-refractivity contribution in [3.05, 3.63) is 76.2 Å². The van der Waals surface area contributed by atoms with Crippen molar-refractivity contribution in [3.8, 4) is 10.6 Å². The van der Waals surface area contributed by atoms with E-state index in [1.54, 1.807) is 6.07 Å². The molecule has 0 saturated carbocycles. The van der Waals surface area contributed by atoms with E-state index in [2.05, 4.69) is 15.2 Å². The van der Waals surface area contributed by atoms with Crippen LogP contribution in [0, 0.1) is 5.82 Å². The highest BCUT2D eigenvalue weighted by molar-refractivity contribution is 7.15. The van der Waals surface area contributed by atoms with Crippen molar-refractivity contribution < 1.29 is 27.2 Å². The van der Waals surface area contributed by atoms with Gasteiger partial charge in [-0.25, -0.2) is 18.7 Å². The predicted molar refractivity (Wildman–Crippen MR) is 113 cm³/mol. The third-order valence-corrected chi connectivity index (χ3v) is 5.81. The molecule has 33 heavy (non-hydrogen) atoms. The highest BCUT2D eigenvalue weighted by Gasteiger charge is 2.36. The number of halogens is 4. The number of oxime groups is 1. The van der Waals surface area contributed by atoms with E-state index in [-0.39, 0.29) is 22.7 Å². The fraction of sp³-hybridized carbons (Fsp3) is 0.143. The second-order valence-corrected chi connectivity index (χ2v) is 7.97. The number of fused-ring (bicyclic) bond motifs is 1. The van der Waals surface area contributed by atoms with Gasteiger partial charge >= 0.3 is 12.1 Å². The molecule has 0 atom stereocenters. The number of amidine groups is 1. The number of nitrogens with two attached hydrogens (primary N) is 1. The molecule has 12 heteroatoms. The number of aromatic nitrogens is 3. The maximum atomic E-state index is 13.7. The largest absolute Gasteiger partial charge is 0.433 e. The van der Waals surface area contributed by atoms with E-state index in [0.29, 0.717) is 9.39 Å². The van der Waals surface area contributed by atoms with Gasteiger partial charge in [0.05, 0.1) is 10.6 Å². The summed E-state index contributed by atoms with van der Waals surface area (Å²) in [6.45, 7) is 1.94. The number of carbonyl (C=O) groups excluding carboxylic acids is 1. The lowest BCUT2D eigenvalue weighted by Crippen LogP contribution is -2.16. The van der Waals surface area contributed by atoms with Crippen molar-refractivity contribution in [2.45, 2.75) is 19.5 Å². The van der Waals surface area contributed by atoms with Gasteiger partial charge in [0.2, 0.25) is 0 Å². The molecule has 1 aromatic carbocycles. The van der Waals surface area contributed by atoms with Crippen LogP contribution in [0.15, 0.2) is 53.7 Å². The van der Waals surface area contributed by atoms with Crippen molar-refractivity contribution >= 4 is 28.8 Å². The van der Waals surface area contributed by atoms with E-state index < -0.39 is 29.4 Å². The Hall–Kier alpha value is -3.80. The summed E-state index contributed by atoms with van der Waals surface area (Å²) in [5.74, 6) is -1.85. The first-order chi connectivity index (χ1) is 15.7. The smallest absolute Gasteiger partial charge is 0.380 e. The van der Waals surface area contributed by atoms with E-state index in [4.69, 9.17) is 10.6 Å². The van der Waals surface area contributed by atoms with Crippen LogP contribution in [-0.2, 0) is 17.4 Å². The zero-order valence-electron chi connectivity index (χ0n) is 16.9.